The van der Waals surface area contributed by atoms with Crippen LogP contribution in [0.2, 0.25) is 5.02 Å². The maximum absolute atomic E-state index is 13.7. The average molecular weight is 664 g/mol. The van der Waals surface area contributed by atoms with Gasteiger partial charge in [0.25, 0.3) is 5.78 Å². The van der Waals surface area contributed by atoms with Gasteiger partial charge in [-0.1, -0.05) is 79.7 Å². The van der Waals surface area contributed by atoms with E-state index < -0.39 is 17.7 Å². The lowest BCUT2D eigenvalue weighted by molar-refractivity contribution is -0.132. The zero-order chi connectivity index (χ0) is 31.9. The van der Waals surface area contributed by atoms with Crippen LogP contribution >= 0.6 is 34.7 Å². The second-order valence-corrected chi connectivity index (χ2v) is 13.5. The molecule has 5 rings (SSSR count). The van der Waals surface area contributed by atoms with E-state index in [1.54, 1.807) is 30.3 Å². The van der Waals surface area contributed by atoms with Gasteiger partial charge in [-0.3, -0.25) is 14.5 Å². The molecule has 1 aliphatic heterocycles. The molecule has 1 aromatic heterocycles. The highest BCUT2D eigenvalue weighted by Crippen LogP contribution is 2.44. The Morgan fingerprint density at radius 3 is 2.44 bits per heavy atom. The summed E-state index contributed by atoms with van der Waals surface area (Å²) < 4.78 is 12.3. The van der Waals surface area contributed by atoms with Gasteiger partial charge in [-0.15, -0.1) is 10.2 Å². The lowest BCUT2D eigenvalue weighted by Crippen LogP contribution is -2.29. The van der Waals surface area contributed by atoms with E-state index in [9.17, 15) is 14.7 Å². The highest BCUT2D eigenvalue weighted by atomic mass is 35.5. The smallest absolute Gasteiger partial charge is 0.301 e. The van der Waals surface area contributed by atoms with Crippen LogP contribution in [0.4, 0.5) is 5.13 Å². The number of anilines is 1. The normalized spacial score (nSPS) is 16.0. The number of aliphatic hydroxyl groups is 1. The second-order valence-electron chi connectivity index (χ2n) is 10.9. The monoisotopic (exact) mass is 663 g/mol. The van der Waals surface area contributed by atoms with Crippen molar-refractivity contribution in [3.8, 4) is 11.5 Å². The third-order valence-corrected chi connectivity index (χ3v) is 9.44. The van der Waals surface area contributed by atoms with Crippen molar-refractivity contribution in [3.63, 3.8) is 0 Å². The number of aliphatic hydroxyl groups excluding tert-OH is 1. The summed E-state index contributed by atoms with van der Waals surface area (Å²) in [5, 5.41) is 21.1. The van der Waals surface area contributed by atoms with Crippen molar-refractivity contribution in [2.45, 2.75) is 49.7 Å². The molecule has 8 nitrogen and oxygen atoms in total. The zero-order valence-corrected chi connectivity index (χ0v) is 27.6. The fourth-order valence-corrected chi connectivity index (χ4v) is 6.65. The molecular weight excluding hydrogens is 630 g/mol. The number of aromatic nitrogens is 2. The SMILES string of the molecule is CCCOc1ccc(C(O)=C2C(=O)C(=O)N(c3nnc(SCc4ccc(Cl)cc4)s3)C2c2cccc(OCCC(C)C)c2)cc1. The molecule has 234 valence electrons. The summed E-state index contributed by atoms with van der Waals surface area (Å²) in [6, 6.07) is 20.7. The first kappa shape index (κ1) is 32.5. The van der Waals surface area contributed by atoms with E-state index in [2.05, 4.69) is 24.0 Å². The van der Waals surface area contributed by atoms with Crippen molar-refractivity contribution < 1.29 is 24.2 Å². The number of halogens is 1. The first-order valence-electron chi connectivity index (χ1n) is 14.7. The van der Waals surface area contributed by atoms with Crippen LogP contribution in [0.25, 0.3) is 5.76 Å². The number of Topliss-reactive ketones (excluding diaryl/α,β-unsaturated/α-hetero) is 1. The Balaban J connectivity index is 1.51. The number of carbonyl (C=O) groups is 2. The Hall–Kier alpha value is -3.86. The maximum atomic E-state index is 13.7. The summed E-state index contributed by atoms with van der Waals surface area (Å²) in [6.45, 7) is 7.36. The first-order valence-corrected chi connectivity index (χ1v) is 16.9. The van der Waals surface area contributed by atoms with Crippen LogP contribution in [0.1, 0.15) is 56.3 Å². The van der Waals surface area contributed by atoms with Gasteiger partial charge in [0.15, 0.2) is 4.34 Å². The number of ether oxygens (including phenoxy) is 2. The maximum Gasteiger partial charge on any atom is 0.301 e. The highest BCUT2D eigenvalue weighted by Gasteiger charge is 2.48. The van der Waals surface area contributed by atoms with E-state index in [0.29, 0.717) is 56.9 Å². The fraction of sp³-hybridized carbons (Fsp3) is 0.294. The van der Waals surface area contributed by atoms with Crippen LogP contribution in [0.5, 0.6) is 11.5 Å². The first-order chi connectivity index (χ1) is 21.7. The Bertz CT molecular complexity index is 1670. The molecule has 45 heavy (non-hydrogen) atoms. The van der Waals surface area contributed by atoms with E-state index in [1.165, 1.54) is 28.0 Å². The van der Waals surface area contributed by atoms with E-state index in [4.69, 9.17) is 21.1 Å². The van der Waals surface area contributed by atoms with Gasteiger partial charge in [0.2, 0.25) is 5.13 Å². The quantitative estimate of drug-likeness (QED) is 0.0501. The summed E-state index contributed by atoms with van der Waals surface area (Å²) in [5.74, 6) is 0.476. The van der Waals surface area contributed by atoms with Crippen LogP contribution < -0.4 is 14.4 Å². The van der Waals surface area contributed by atoms with Crippen molar-refractivity contribution in [3.05, 3.63) is 100 Å². The molecule has 1 aliphatic rings. The molecule has 0 bridgehead atoms. The van der Waals surface area contributed by atoms with Crippen LogP contribution in [0.3, 0.4) is 0 Å². The summed E-state index contributed by atoms with van der Waals surface area (Å²) in [7, 11) is 0. The molecule has 0 spiro atoms. The highest BCUT2D eigenvalue weighted by molar-refractivity contribution is 8.00. The van der Waals surface area contributed by atoms with Crippen LogP contribution in [-0.4, -0.2) is 40.2 Å². The minimum atomic E-state index is -0.947. The molecule has 1 saturated heterocycles. The van der Waals surface area contributed by atoms with Crippen LogP contribution in [0, 0.1) is 5.92 Å². The van der Waals surface area contributed by atoms with Gasteiger partial charge in [0.1, 0.15) is 17.3 Å². The molecular formula is C34H34ClN3O5S2. The van der Waals surface area contributed by atoms with Gasteiger partial charge < -0.3 is 14.6 Å². The van der Waals surface area contributed by atoms with Gasteiger partial charge in [0, 0.05) is 16.3 Å². The predicted octanol–water partition coefficient (Wildman–Crippen LogP) is 8.32. The number of carbonyl (C=O) groups excluding carboxylic acids is 2. The minimum Gasteiger partial charge on any atom is -0.507 e. The molecule has 1 fully saturated rings. The largest absolute Gasteiger partial charge is 0.507 e. The summed E-state index contributed by atoms with van der Waals surface area (Å²) in [4.78, 5) is 28.6. The van der Waals surface area contributed by atoms with Gasteiger partial charge in [-0.2, -0.15) is 0 Å². The van der Waals surface area contributed by atoms with Crippen LogP contribution in [0.15, 0.2) is 82.7 Å². The summed E-state index contributed by atoms with van der Waals surface area (Å²) in [5.41, 5.74) is 2.02. The number of thioether (sulfide) groups is 1. The van der Waals surface area contributed by atoms with E-state index >= 15 is 0 Å². The fourth-order valence-electron chi connectivity index (χ4n) is 4.70. The standard InChI is InChI=1S/C34H34ClN3O5S2/c1-4-17-42-26-14-10-23(11-15-26)30(39)28-29(24-6-5-7-27(19-24)43-18-16-21(2)3)38(32(41)31(28)40)33-36-37-34(45-33)44-20-22-8-12-25(35)13-9-22/h5-15,19,21,29,39H,4,16-18,20H2,1-3H3. The third-order valence-electron chi connectivity index (χ3n) is 7.06. The number of benzene rings is 3. The van der Waals surface area contributed by atoms with E-state index in [0.717, 1.165) is 18.4 Å². The van der Waals surface area contributed by atoms with Crippen molar-refractivity contribution in [2.75, 3.05) is 18.1 Å². The van der Waals surface area contributed by atoms with Crippen LogP contribution in [-0.2, 0) is 15.3 Å². The van der Waals surface area contributed by atoms with Crippen molar-refractivity contribution in [1.82, 2.24) is 10.2 Å². The molecule has 1 atom stereocenters. The topological polar surface area (TPSA) is 102 Å². The third kappa shape index (κ3) is 7.87. The average Bonchev–Trinajstić information content (AvgIpc) is 3.61. The van der Waals surface area contributed by atoms with Crippen molar-refractivity contribution in [1.29, 1.82) is 0 Å². The molecule has 0 saturated carbocycles. The molecule has 1 amide bonds. The molecule has 4 aromatic rings. The van der Waals surface area contributed by atoms with Crippen molar-refractivity contribution in [2.24, 2.45) is 5.92 Å². The Morgan fingerprint density at radius 1 is 1.00 bits per heavy atom. The predicted molar refractivity (Wildman–Crippen MR) is 179 cm³/mol. The van der Waals surface area contributed by atoms with Gasteiger partial charge >= 0.3 is 5.91 Å². The number of rotatable bonds is 13. The Morgan fingerprint density at radius 2 is 1.73 bits per heavy atom. The minimum absolute atomic E-state index is 0.0351. The van der Waals surface area contributed by atoms with E-state index in [1.807, 2.05) is 49.4 Å². The Labute approximate surface area is 276 Å². The molecule has 1 unspecified atom stereocenters. The lowest BCUT2D eigenvalue weighted by Gasteiger charge is -2.23. The summed E-state index contributed by atoms with van der Waals surface area (Å²) >= 11 is 8.69. The van der Waals surface area contributed by atoms with Gasteiger partial charge in [-0.05, 0) is 78.4 Å². The van der Waals surface area contributed by atoms with Crippen molar-refractivity contribution >= 4 is 57.3 Å². The molecule has 2 heterocycles. The van der Waals surface area contributed by atoms with Gasteiger partial charge in [-0.25, -0.2) is 0 Å². The summed E-state index contributed by atoms with van der Waals surface area (Å²) in [6.07, 6.45) is 1.74. The zero-order valence-electron chi connectivity index (χ0n) is 25.2. The number of ketones is 1. The number of hydrogen-bond acceptors (Lipinski definition) is 9. The number of amides is 1. The molecule has 0 aliphatic carbocycles. The molecule has 11 heteroatoms. The second kappa shape index (κ2) is 14.9. The Kier molecular flexibility index (Phi) is 10.8. The lowest BCUT2D eigenvalue weighted by atomic mass is 9.95. The molecule has 3 aromatic carbocycles. The van der Waals surface area contributed by atoms with Gasteiger partial charge in [0.05, 0.1) is 24.8 Å². The molecule has 0 radical (unpaired) electrons. The molecule has 1 N–H and O–H groups in total. The number of hydrogen-bond donors (Lipinski definition) is 1. The van der Waals surface area contributed by atoms with E-state index in [-0.39, 0.29) is 16.5 Å². The number of nitrogens with zero attached hydrogens (tertiary/aromatic N) is 3.